The zero-order chi connectivity index (χ0) is 31.0. The van der Waals surface area contributed by atoms with E-state index in [2.05, 4.69) is 43.2 Å². The Morgan fingerprint density at radius 3 is 2.33 bits per heavy atom. The number of phenols is 1. The number of amides is 2. The van der Waals surface area contributed by atoms with Crippen LogP contribution in [0.2, 0.25) is 0 Å². The predicted molar refractivity (Wildman–Crippen MR) is 167 cm³/mol. The van der Waals surface area contributed by atoms with E-state index in [1.165, 1.54) is 17.7 Å². The van der Waals surface area contributed by atoms with Crippen LogP contribution in [0.4, 0.5) is 5.82 Å². The summed E-state index contributed by atoms with van der Waals surface area (Å²) in [5.41, 5.74) is 10.7. The van der Waals surface area contributed by atoms with Crippen LogP contribution in [0.25, 0.3) is 16.9 Å². The molecule has 0 radical (unpaired) electrons. The number of rotatable bonds is 12. The second-order valence-corrected chi connectivity index (χ2v) is 11.5. The van der Waals surface area contributed by atoms with Gasteiger partial charge in [0.2, 0.25) is 11.8 Å². The van der Waals surface area contributed by atoms with Crippen LogP contribution in [0.15, 0.2) is 79.1 Å². The Morgan fingerprint density at radius 2 is 1.70 bits per heavy atom. The number of aromatic hydroxyl groups is 1. The van der Waals surface area contributed by atoms with E-state index in [1.54, 1.807) is 24.5 Å². The maximum atomic E-state index is 13.0. The molecule has 0 fully saturated rings. The lowest BCUT2D eigenvalue weighted by atomic mass is 9.87. The number of hydrogen-bond donors (Lipinski definition) is 4. The zero-order valence-electron chi connectivity index (χ0n) is 24.9. The molecular weight excluding hydrogens is 544 g/mol. The molecule has 1 atom stereocenters. The minimum atomic E-state index is -0.955. The highest BCUT2D eigenvalue weighted by Crippen LogP contribution is 2.27. The van der Waals surface area contributed by atoms with Gasteiger partial charge in [-0.2, -0.15) is 5.10 Å². The number of imide groups is 1. The Kier molecular flexibility index (Phi) is 10.3. The molecule has 2 amide bonds. The Morgan fingerprint density at radius 1 is 1.02 bits per heavy atom. The van der Waals surface area contributed by atoms with E-state index < -0.39 is 17.9 Å². The summed E-state index contributed by atoms with van der Waals surface area (Å²) in [4.78, 5) is 31.2. The highest BCUT2D eigenvalue weighted by molar-refractivity contribution is 5.97. The molecule has 5 N–H and O–H groups in total. The first kappa shape index (κ1) is 31.4. The van der Waals surface area contributed by atoms with Gasteiger partial charge in [-0.3, -0.25) is 19.5 Å². The minimum Gasteiger partial charge on any atom is -0.508 e. The van der Waals surface area contributed by atoms with E-state index in [4.69, 9.17) is 10.8 Å². The molecule has 0 aliphatic rings. The summed E-state index contributed by atoms with van der Waals surface area (Å²) in [6.45, 7) is 6.49. The molecule has 43 heavy (non-hydrogen) atoms. The number of aromatic nitrogens is 3. The van der Waals surface area contributed by atoms with Crippen molar-refractivity contribution in [1.82, 2.24) is 19.7 Å². The van der Waals surface area contributed by atoms with Crippen LogP contribution in [0.5, 0.6) is 5.75 Å². The monoisotopic (exact) mass is 584 g/mol. The van der Waals surface area contributed by atoms with Crippen molar-refractivity contribution in [2.24, 2.45) is 5.73 Å². The third-order valence-corrected chi connectivity index (χ3v) is 7.14. The first-order valence-electron chi connectivity index (χ1n) is 14.4. The number of pyridine rings is 1. The molecule has 0 saturated carbocycles. The van der Waals surface area contributed by atoms with Gasteiger partial charge in [-0.25, -0.2) is 4.68 Å². The molecule has 10 nitrogen and oxygen atoms in total. The predicted octanol–water partition coefficient (Wildman–Crippen LogP) is 4.05. The van der Waals surface area contributed by atoms with Gasteiger partial charge < -0.3 is 21.3 Å². The fourth-order valence-corrected chi connectivity index (χ4v) is 4.69. The van der Waals surface area contributed by atoms with Crippen LogP contribution in [0.1, 0.15) is 44.7 Å². The number of phenolic OH excluding ortho intramolecular Hbond substituents is 1. The number of nitrogens with zero attached hydrogens (tertiary/aromatic N) is 4. The summed E-state index contributed by atoms with van der Waals surface area (Å²) in [6.07, 6.45) is 4.19. The quantitative estimate of drug-likeness (QED) is 0.183. The molecule has 0 aliphatic heterocycles. The van der Waals surface area contributed by atoms with Gasteiger partial charge in [0.25, 0.3) is 0 Å². The number of nitrogens with two attached hydrogens (primary N) is 1. The number of aliphatic hydroxyl groups is 1. The van der Waals surface area contributed by atoms with Crippen molar-refractivity contribution >= 4 is 17.6 Å². The molecule has 2 aromatic heterocycles. The summed E-state index contributed by atoms with van der Waals surface area (Å²) >= 11 is 0. The topological polar surface area (TPSA) is 147 Å². The van der Waals surface area contributed by atoms with Gasteiger partial charge >= 0.3 is 0 Å². The zero-order valence-corrected chi connectivity index (χ0v) is 24.9. The molecule has 0 spiro atoms. The number of hydrogen-bond acceptors (Lipinski definition) is 8. The van der Waals surface area contributed by atoms with E-state index in [-0.39, 0.29) is 37.2 Å². The lowest BCUT2D eigenvalue weighted by Gasteiger charge is -2.23. The maximum absolute atomic E-state index is 13.0. The molecule has 4 rings (SSSR count). The van der Waals surface area contributed by atoms with Crippen molar-refractivity contribution in [1.29, 1.82) is 0 Å². The number of benzene rings is 2. The Hall–Kier alpha value is -4.54. The van der Waals surface area contributed by atoms with Crippen LogP contribution in [-0.4, -0.2) is 67.4 Å². The lowest BCUT2D eigenvalue weighted by Crippen LogP contribution is -2.48. The molecule has 10 heteroatoms. The SMILES string of the molecule is CC(C)(C)c1ccc(-n2nc(-c3ccncc3)cc2NCCCC(=O)N(CCO)C(=O)[C@@H](N)Cc2ccc(O)cc2)cc1. The minimum absolute atomic E-state index is 0.0270. The first-order chi connectivity index (χ1) is 20.6. The fraction of sp³-hybridized carbons (Fsp3) is 0.333. The van der Waals surface area contributed by atoms with Crippen molar-refractivity contribution in [3.05, 3.63) is 90.3 Å². The molecule has 2 aromatic carbocycles. The van der Waals surface area contributed by atoms with Gasteiger partial charge in [0, 0.05) is 37.0 Å². The molecule has 0 saturated heterocycles. The highest BCUT2D eigenvalue weighted by atomic mass is 16.3. The van der Waals surface area contributed by atoms with Gasteiger partial charge in [-0.1, -0.05) is 45.0 Å². The lowest BCUT2D eigenvalue weighted by molar-refractivity contribution is -0.146. The second-order valence-electron chi connectivity index (χ2n) is 11.5. The molecule has 2 heterocycles. The summed E-state index contributed by atoms with van der Waals surface area (Å²) in [5.74, 6) is -0.0592. The van der Waals surface area contributed by atoms with Crippen LogP contribution in [-0.2, 0) is 21.4 Å². The fourth-order valence-electron chi connectivity index (χ4n) is 4.69. The van der Waals surface area contributed by atoms with Crippen LogP contribution in [0.3, 0.4) is 0 Å². The number of anilines is 1. The van der Waals surface area contributed by atoms with Crippen LogP contribution >= 0.6 is 0 Å². The molecule has 0 unspecified atom stereocenters. The standard InChI is InChI=1S/C33H40N6O4/c1-33(2,3)25-8-10-26(11-9-25)39-30(22-29(37-39)24-14-17-35-18-15-24)36-16-4-5-31(42)38(19-20-40)32(43)28(34)21-23-6-12-27(41)13-7-23/h6-15,17-18,22,28,36,40-41H,4-5,16,19-21,34H2,1-3H3/t28-/m0/s1. The van der Waals surface area contributed by atoms with E-state index in [0.29, 0.717) is 13.0 Å². The average Bonchev–Trinajstić information content (AvgIpc) is 3.43. The molecule has 226 valence electrons. The Labute approximate surface area is 252 Å². The van der Waals surface area contributed by atoms with E-state index in [9.17, 15) is 19.8 Å². The smallest absolute Gasteiger partial charge is 0.246 e. The molecule has 0 aliphatic carbocycles. The normalized spacial score (nSPS) is 12.1. The first-order valence-corrected chi connectivity index (χ1v) is 14.4. The third-order valence-electron chi connectivity index (χ3n) is 7.14. The summed E-state index contributed by atoms with van der Waals surface area (Å²) in [7, 11) is 0. The van der Waals surface area contributed by atoms with Crippen LogP contribution in [0, 0.1) is 0 Å². The highest BCUT2D eigenvalue weighted by Gasteiger charge is 2.26. The maximum Gasteiger partial charge on any atom is 0.246 e. The van der Waals surface area contributed by atoms with Crippen molar-refractivity contribution in [3.8, 4) is 22.7 Å². The Bertz CT molecular complexity index is 1500. The van der Waals surface area contributed by atoms with Gasteiger partial charge in [0.1, 0.15) is 11.6 Å². The molecular formula is C33H40N6O4. The number of carbonyl (C=O) groups is 2. The number of nitrogens with one attached hydrogen (secondary N) is 1. The summed E-state index contributed by atoms with van der Waals surface area (Å²) in [6, 6.07) is 19.5. The molecule has 0 bridgehead atoms. The number of carbonyl (C=O) groups excluding carboxylic acids is 2. The van der Waals surface area contributed by atoms with Gasteiger partial charge in [-0.05, 0) is 65.8 Å². The molecule has 4 aromatic rings. The largest absolute Gasteiger partial charge is 0.508 e. The summed E-state index contributed by atoms with van der Waals surface area (Å²) in [5, 5.41) is 27.2. The third kappa shape index (κ3) is 8.27. The van der Waals surface area contributed by atoms with E-state index in [1.807, 2.05) is 35.0 Å². The van der Waals surface area contributed by atoms with Gasteiger partial charge in [-0.15, -0.1) is 0 Å². The van der Waals surface area contributed by atoms with E-state index in [0.717, 1.165) is 33.2 Å². The average molecular weight is 585 g/mol. The summed E-state index contributed by atoms with van der Waals surface area (Å²) < 4.78 is 1.84. The van der Waals surface area contributed by atoms with Crippen molar-refractivity contribution in [2.75, 3.05) is 25.0 Å². The Balaban J connectivity index is 1.42. The van der Waals surface area contributed by atoms with Crippen molar-refractivity contribution in [2.45, 2.75) is 51.5 Å². The van der Waals surface area contributed by atoms with Crippen LogP contribution < -0.4 is 11.1 Å². The van der Waals surface area contributed by atoms with E-state index >= 15 is 0 Å². The van der Waals surface area contributed by atoms with Crippen molar-refractivity contribution < 1.29 is 19.8 Å². The van der Waals surface area contributed by atoms with Crippen molar-refractivity contribution in [3.63, 3.8) is 0 Å². The number of aliphatic hydroxyl groups excluding tert-OH is 1. The van der Waals surface area contributed by atoms with Gasteiger partial charge in [0.15, 0.2) is 0 Å². The van der Waals surface area contributed by atoms with Gasteiger partial charge in [0.05, 0.1) is 30.6 Å². The second kappa shape index (κ2) is 14.1.